The average Bonchev–Trinajstić information content (AvgIpc) is 2.28. The van der Waals surface area contributed by atoms with Crippen LogP contribution in [0.3, 0.4) is 0 Å². The first-order valence-electron chi connectivity index (χ1n) is 7.18. The van der Waals surface area contributed by atoms with Crippen molar-refractivity contribution in [3.8, 4) is 0 Å². The number of nitrogens with one attached hydrogen (secondary N) is 2. The van der Waals surface area contributed by atoms with E-state index in [9.17, 15) is 4.79 Å². The van der Waals surface area contributed by atoms with Crippen molar-refractivity contribution in [3.63, 3.8) is 0 Å². The first kappa shape index (κ1) is 13.8. The fourth-order valence-electron chi connectivity index (χ4n) is 3.04. The van der Waals surface area contributed by atoms with Crippen LogP contribution >= 0.6 is 0 Å². The molecule has 0 bridgehead atoms. The molecule has 2 rings (SSSR count). The standard InChI is InChI=1S/C14H26N2O2/c1-11(12-4-3-5-12)16-13(17)14(10-18-2)6-8-15-9-7-14/h11-12,15H,3-10H2,1-2H3,(H,16,17). The molecule has 1 atom stereocenters. The quantitative estimate of drug-likeness (QED) is 0.777. The molecule has 1 aliphatic heterocycles. The maximum atomic E-state index is 12.5. The van der Waals surface area contributed by atoms with Crippen LogP contribution in [-0.4, -0.2) is 38.8 Å². The van der Waals surface area contributed by atoms with Gasteiger partial charge < -0.3 is 15.4 Å². The van der Waals surface area contributed by atoms with E-state index in [0.29, 0.717) is 18.6 Å². The van der Waals surface area contributed by atoms with Gasteiger partial charge in [-0.15, -0.1) is 0 Å². The van der Waals surface area contributed by atoms with Gasteiger partial charge in [-0.3, -0.25) is 4.79 Å². The number of hydrogen-bond donors (Lipinski definition) is 2. The van der Waals surface area contributed by atoms with Crippen molar-refractivity contribution in [1.29, 1.82) is 0 Å². The van der Waals surface area contributed by atoms with E-state index in [1.165, 1.54) is 19.3 Å². The molecule has 104 valence electrons. The summed E-state index contributed by atoms with van der Waals surface area (Å²) in [6.07, 6.45) is 5.60. The average molecular weight is 254 g/mol. The van der Waals surface area contributed by atoms with Crippen molar-refractivity contribution in [2.75, 3.05) is 26.8 Å². The fourth-order valence-corrected chi connectivity index (χ4v) is 3.04. The third-order valence-electron chi connectivity index (χ3n) is 4.68. The minimum absolute atomic E-state index is 0.199. The zero-order valence-corrected chi connectivity index (χ0v) is 11.6. The summed E-state index contributed by atoms with van der Waals surface area (Å²) in [5, 5.41) is 6.55. The lowest BCUT2D eigenvalue weighted by Crippen LogP contribution is -2.53. The van der Waals surface area contributed by atoms with E-state index in [0.717, 1.165) is 25.9 Å². The lowest BCUT2D eigenvalue weighted by atomic mass is 9.76. The Morgan fingerprint density at radius 3 is 2.61 bits per heavy atom. The van der Waals surface area contributed by atoms with E-state index in [1.54, 1.807) is 7.11 Å². The number of carbonyl (C=O) groups is 1. The largest absolute Gasteiger partial charge is 0.384 e. The Bertz CT molecular complexity index is 278. The first-order chi connectivity index (χ1) is 8.68. The second kappa shape index (κ2) is 6.02. The molecule has 4 heteroatoms. The summed E-state index contributed by atoms with van der Waals surface area (Å²) in [5.41, 5.74) is -0.308. The normalized spacial score (nSPS) is 25.2. The monoisotopic (exact) mass is 254 g/mol. The Morgan fingerprint density at radius 2 is 2.11 bits per heavy atom. The molecule has 0 aromatic carbocycles. The van der Waals surface area contributed by atoms with Gasteiger partial charge >= 0.3 is 0 Å². The van der Waals surface area contributed by atoms with Gasteiger partial charge in [0.25, 0.3) is 0 Å². The van der Waals surface area contributed by atoms with Crippen molar-refractivity contribution >= 4 is 5.91 Å². The van der Waals surface area contributed by atoms with Crippen LogP contribution in [0.5, 0.6) is 0 Å². The predicted octanol–water partition coefficient (Wildman–Crippen LogP) is 1.31. The highest BCUT2D eigenvalue weighted by Gasteiger charge is 2.40. The summed E-state index contributed by atoms with van der Waals surface area (Å²) in [7, 11) is 1.69. The number of rotatable bonds is 5. The molecule has 1 unspecified atom stereocenters. The Labute approximate surface area is 110 Å². The smallest absolute Gasteiger partial charge is 0.228 e. The van der Waals surface area contributed by atoms with E-state index in [2.05, 4.69) is 17.6 Å². The van der Waals surface area contributed by atoms with E-state index in [1.807, 2.05) is 0 Å². The number of carbonyl (C=O) groups excluding carboxylic acids is 1. The Balaban J connectivity index is 1.94. The maximum Gasteiger partial charge on any atom is 0.228 e. The van der Waals surface area contributed by atoms with Crippen LogP contribution < -0.4 is 10.6 Å². The van der Waals surface area contributed by atoms with E-state index in [-0.39, 0.29) is 11.3 Å². The van der Waals surface area contributed by atoms with Crippen LogP contribution in [0.25, 0.3) is 0 Å². The van der Waals surface area contributed by atoms with Crippen LogP contribution in [0.2, 0.25) is 0 Å². The summed E-state index contributed by atoms with van der Waals surface area (Å²) in [6.45, 7) is 4.50. The summed E-state index contributed by atoms with van der Waals surface area (Å²) >= 11 is 0. The van der Waals surface area contributed by atoms with Crippen LogP contribution in [0, 0.1) is 11.3 Å². The molecule has 0 radical (unpaired) electrons. The summed E-state index contributed by atoms with van der Waals surface area (Å²) in [5.74, 6) is 0.889. The SMILES string of the molecule is COCC1(C(=O)NC(C)C2CCC2)CCNCC1. The molecule has 1 heterocycles. The summed E-state index contributed by atoms with van der Waals surface area (Å²) < 4.78 is 5.30. The summed E-state index contributed by atoms with van der Waals surface area (Å²) in [6, 6.07) is 0.315. The highest BCUT2D eigenvalue weighted by molar-refractivity contribution is 5.83. The van der Waals surface area contributed by atoms with E-state index >= 15 is 0 Å². The summed E-state index contributed by atoms with van der Waals surface area (Å²) in [4.78, 5) is 12.5. The van der Waals surface area contributed by atoms with E-state index in [4.69, 9.17) is 4.74 Å². The molecular weight excluding hydrogens is 228 g/mol. The van der Waals surface area contributed by atoms with Crippen molar-refractivity contribution in [1.82, 2.24) is 10.6 Å². The molecule has 1 saturated carbocycles. The highest BCUT2D eigenvalue weighted by atomic mass is 16.5. The molecule has 1 amide bonds. The number of ether oxygens (including phenoxy) is 1. The fraction of sp³-hybridized carbons (Fsp3) is 0.929. The van der Waals surface area contributed by atoms with Gasteiger partial charge in [-0.05, 0) is 51.6 Å². The highest BCUT2D eigenvalue weighted by Crippen LogP contribution is 2.32. The second-order valence-electron chi connectivity index (χ2n) is 5.92. The Morgan fingerprint density at radius 1 is 1.44 bits per heavy atom. The number of amides is 1. The van der Waals surface area contributed by atoms with Gasteiger partial charge in [0.05, 0.1) is 12.0 Å². The minimum Gasteiger partial charge on any atom is -0.384 e. The zero-order valence-electron chi connectivity index (χ0n) is 11.6. The van der Waals surface area contributed by atoms with Crippen molar-refractivity contribution in [3.05, 3.63) is 0 Å². The Hall–Kier alpha value is -0.610. The molecular formula is C14H26N2O2. The van der Waals surface area contributed by atoms with E-state index < -0.39 is 0 Å². The van der Waals surface area contributed by atoms with Crippen molar-refractivity contribution in [2.24, 2.45) is 11.3 Å². The molecule has 0 spiro atoms. The Kier molecular flexibility index (Phi) is 4.62. The lowest BCUT2D eigenvalue weighted by molar-refractivity contribution is -0.137. The van der Waals surface area contributed by atoms with Gasteiger partial charge in [0.2, 0.25) is 5.91 Å². The van der Waals surface area contributed by atoms with Crippen LogP contribution in [0.4, 0.5) is 0 Å². The number of methoxy groups -OCH3 is 1. The van der Waals surface area contributed by atoms with Crippen molar-refractivity contribution in [2.45, 2.75) is 45.1 Å². The molecule has 0 aromatic heterocycles. The third kappa shape index (κ3) is 2.86. The van der Waals surface area contributed by atoms with Gasteiger partial charge in [-0.2, -0.15) is 0 Å². The molecule has 1 saturated heterocycles. The molecule has 18 heavy (non-hydrogen) atoms. The molecule has 2 fully saturated rings. The predicted molar refractivity (Wildman–Crippen MR) is 71.4 cm³/mol. The van der Waals surface area contributed by atoms with Crippen molar-refractivity contribution < 1.29 is 9.53 Å². The van der Waals surface area contributed by atoms with Crippen LogP contribution in [0.1, 0.15) is 39.0 Å². The van der Waals surface area contributed by atoms with Crippen LogP contribution in [-0.2, 0) is 9.53 Å². The van der Waals surface area contributed by atoms with Crippen LogP contribution in [0.15, 0.2) is 0 Å². The lowest BCUT2D eigenvalue weighted by Gasteiger charge is -2.39. The minimum atomic E-state index is -0.308. The van der Waals surface area contributed by atoms with Gasteiger partial charge in [0, 0.05) is 13.2 Å². The molecule has 0 aromatic rings. The topological polar surface area (TPSA) is 50.4 Å². The first-order valence-corrected chi connectivity index (χ1v) is 7.18. The maximum absolute atomic E-state index is 12.5. The molecule has 2 N–H and O–H groups in total. The number of hydrogen-bond acceptors (Lipinski definition) is 3. The molecule has 4 nitrogen and oxygen atoms in total. The van der Waals surface area contributed by atoms with Gasteiger partial charge in [0.1, 0.15) is 0 Å². The zero-order chi connectivity index (χ0) is 13.0. The van der Waals surface area contributed by atoms with Gasteiger partial charge in [-0.25, -0.2) is 0 Å². The molecule has 1 aliphatic carbocycles. The van der Waals surface area contributed by atoms with Gasteiger partial charge in [-0.1, -0.05) is 6.42 Å². The third-order valence-corrected chi connectivity index (χ3v) is 4.68. The number of piperidine rings is 1. The van der Waals surface area contributed by atoms with Gasteiger partial charge in [0.15, 0.2) is 0 Å². The second-order valence-corrected chi connectivity index (χ2v) is 5.92. The molecule has 2 aliphatic rings.